The average molecular weight is 507 g/mol. The third kappa shape index (κ3) is 6.83. The lowest BCUT2D eigenvalue weighted by Crippen LogP contribution is -2.11. The molecule has 0 radical (unpaired) electrons. The van der Waals surface area contributed by atoms with Crippen LogP contribution in [0.15, 0.2) is 84.9 Å². The summed E-state index contributed by atoms with van der Waals surface area (Å²) in [6, 6.07) is 24.8. The monoisotopic (exact) mass is 506 g/mol. The third-order valence-electron chi connectivity index (χ3n) is 6.51. The van der Waals surface area contributed by atoms with Gasteiger partial charge in [0.2, 0.25) is 0 Å². The normalized spacial score (nSPS) is 10.6. The van der Waals surface area contributed by atoms with Crippen LogP contribution in [0.3, 0.4) is 0 Å². The Hall–Kier alpha value is -4.51. The number of hydrogen-bond donors (Lipinski definition) is 0. The summed E-state index contributed by atoms with van der Waals surface area (Å²) in [6.45, 7) is 7.87. The predicted octanol–water partition coefficient (Wildman–Crippen LogP) is 6.71. The van der Waals surface area contributed by atoms with Crippen LogP contribution in [0.1, 0.15) is 54.1 Å². The van der Waals surface area contributed by atoms with Crippen molar-refractivity contribution in [3.63, 3.8) is 0 Å². The second-order valence-corrected chi connectivity index (χ2v) is 9.56. The summed E-state index contributed by atoms with van der Waals surface area (Å²) in [5.74, 6) is -0.120. The number of aryl methyl sites for hydroxylation is 4. The quantitative estimate of drug-likeness (QED) is 0.196. The van der Waals surface area contributed by atoms with E-state index in [1.807, 2.05) is 52.0 Å². The zero-order chi connectivity index (χ0) is 27.2. The fourth-order valence-electron chi connectivity index (χ4n) is 4.02. The minimum atomic E-state index is -0.441. The van der Waals surface area contributed by atoms with E-state index in [-0.39, 0.29) is 18.6 Å². The molecule has 0 aromatic heterocycles. The number of ketones is 1. The number of rotatable bonds is 8. The van der Waals surface area contributed by atoms with E-state index >= 15 is 0 Å². The van der Waals surface area contributed by atoms with Gasteiger partial charge >= 0.3 is 11.9 Å². The van der Waals surface area contributed by atoms with Crippen LogP contribution in [0, 0.1) is 27.7 Å². The summed E-state index contributed by atoms with van der Waals surface area (Å²) in [7, 11) is 0. The first kappa shape index (κ1) is 26.6. The fraction of sp³-hybridized carbons (Fsp3) is 0.182. The van der Waals surface area contributed by atoms with Gasteiger partial charge in [0, 0.05) is 12.8 Å². The minimum Gasteiger partial charge on any atom is -0.423 e. The minimum absolute atomic E-state index is 0.0136. The van der Waals surface area contributed by atoms with E-state index in [2.05, 4.69) is 0 Å². The molecule has 4 aromatic carbocycles. The average Bonchev–Trinajstić information content (AvgIpc) is 2.87. The zero-order valence-electron chi connectivity index (χ0n) is 22.0. The number of hydrogen-bond acceptors (Lipinski definition) is 5. The number of carbonyl (C=O) groups is 3. The third-order valence-corrected chi connectivity index (χ3v) is 6.51. The molecular weight excluding hydrogens is 476 g/mol. The molecule has 0 N–H and O–H groups in total. The van der Waals surface area contributed by atoms with E-state index in [9.17, 15) is 14.4 Å². The highest BCUT2D eigenvalue weighted by molar-refractivity contribution is 5.92. The first-order valence-electron chi connectivity index (χ1n) is 12.5. The van der Waals surface area contributed by atoms with Crippen LogP contribution in [0.5, 0.6) is 11.5 Å². The number of benzene rings is 4. The van der Waals surface area contributed by atoms with Crippen molar-refractivity contribution in [2.24, 2.45) is 0 Å². The summed E-state index contributed by atoms with van der Waals surface area (Å²) in [5, 5.41) is 0. The topological polar surface area (TPSA) is 69.7 Å². The second kappa shape index (κ2) is 11.7. The number of Topliss-reactive ketones (excluding diaryl/α,β-unsaturated/α-hetero) is 1. The van der Waals surface area contributed by atoms with E-state index in [1.54, 1.807) is 60.7 Å². The molecular formula is C33H30O5. The van der Waals surface area contributed by atoms with Crippen molar-refractivity contribution in [1.29, 1.82) is 0 Å². The predicted molar refractivity (Wildman–Crippen MR) is 147 cm³/mol. The Morgan fingerprint density at radius 3 is 1.34 bits per heavy atom. The van der Waals surface area contributed by atoms with Crippen LogP contribution in [-0.4, -0.2) is 17.7 Å². The van der Waals surface area contributed by atoms with Crippen molar-refractivity contribution in [2.75, 3.05) is 0 Å². The molecule has 0 unspecified atom stereocenters. The molecule has 4 rings (SSSR count). The van der Waals surface area contributed by atoms with E-state index in [0.717, 1.165) is 33.4 Å². The van der Waals surface area contributed by atoms with E-state index in [1.165, 1.54) is 0 Å². The van der Waals surface area contributed by atoms with Crippen molar-refractivity contribution in [1.82, 2.24) is 0 Å². The Kier molecular flexibility index (Phi) is 8.17. The highest BCUT2D eigenvalue weighted by Crippen LogP contribution is 2.20. The molecule has 0 atom stereocenters. The molecule has 0 heterocycles. The first-order valence-corrected chi connectivity index (χ1v) is 12.5. The van der Waals surface area contributed by atoms with Crippen molar-refractivity contribution < 1.29 is 23.9 Å². The van der Waals surface area contributed by atoms with Crippen molar-refractivity contribution >= 4 is 17.7 Å². The lowest BCUT2D eigenvalue weighted by Gasteiger charge is -2.09. The highest BCUT2D eigenvalue weighted by atomic mass is 16.5. The molecule has 0 amide bonds. The van der Waals surface area contributed by atoms with Crippen molar-refractivity contribution in [3.8, 4) is 11.5 Å². The fourth-order valence-corrected chi connectivity index (χ4v) is 4.02. The summed E-state index contributed by atoms with van der Waals surface area (Å²) >= 11 is 0. The standard InChI is InChI=1S/C33H30O5/c1-21-11-13-27(15-23(21)3)32(35)37-30-9-5-7-25(19-30)17-29(34)18-26-8-6-10-31(20-26)38-33(36)28-14-12-22(2)24(4)16-28/h5-16,19-20H,17-18H2,1-4H3. The Bertz CT molecular complexity index is 1400. The van der Waals surface area contributed by atoms with Gasteiger partial charge in [-0.2, -0.15) is 0 Å². The smallest absolute Gasteiger partial charge is 0.343 e. The van der Waals surface area contributed by atoms with Gasteiger partial charge in [-0.3, -0.25) is 4.79 Å². The molecule has 5 nitrogen and oxygen atoms in total. The molecule has 0 spiro atoms. The second-order valence-electron chi connectivity index (χ2n) is 9.56. The van der Waals surface area contributed by atoms with E-state index in [0.29, 0.717) is 22.6 Å². The number of esters is 2. The van der Waals surface area contributed by atoms with Crippen LogP contribution in [0.4, 0.5) is 0 Å². The Morgan fingerprint density at radius 2 is 0.947 bits per heavy atom. The molecule has 0 fully saturated rings. The Balaban J connectivity index is 1.36. The maximum Gasteiger partial charge on any atom is 0.343 e. The van der Waals surface area contributed by atoms with Crippen molar-refractivity contribution in [2.45, 2.75) is 40.5 Å². The maximum absolute atomic E-state index is 12.8. The van der Waals surface area contributed by atoms with E-state index in [4.69, 9.17) is 9.47 Å². The van der Waals surface area contributed by atoms with Gasteiger partial charge in [0.05, 0.1) is 11.1 Å². The van der Waals surface area contributed by atoms with Crippen LogP contribution in [0.25, 0.3) is 0 Å². The molecule has 38 heavy (non-hydrogen) atoms. The van der Waals surface area contributed by atoms with Gasteiger partial charge in [0.25, 0.3) is 0 Å². The lowest BCUT2D eigenvalue weighted by atomic mass is 10.0. The summed E-state index contributed by atoms with van der Waals surface area (Å²) in [6.07, 6.45) is 0.364. The Morgan fingerprint density at radius 1 is 0.526 bits per heavy atom. The van der Waals surface area contributed by atoms with Gasteiger partial charge in [-0.15, -0.1) is 0 Å². The molecule has 0 aliphatic heterocycles. The zero-order valence-corrected chi connectivity index (χ0v) is 22.0. The number of carbonyl (C=O) groups excluding carboxylic acids is 3. The van der Waals surface area contributed by atoms with Gasteiger partial charge in [0.15, 0.2) is 0 Å². The van der Waals surface area contributed by atoms with E-state index < -0.39 is 11.9 Å². The lowest BCUT2D eigenvalue weighted by molar-refractivity contribution is -0.117. The molecule has 0 aliphatic rings. The molecule has 0 bridgehead atoms. The van der Waals surface area contributed by atoms with Crippen molar-refractivity contribution in [3.05, 3.63) is 129 Å². The summed E-state index contributed by atoms with van der Waals surface area (Å²) < 4.78 is 11.1. The van der Waals surface area contributed by atoms with Crippen LogP contribution < -0.4 is 9.47 Å². The van der Waals surface area contributed by atoms with Crippen LogP contribution in [-0.2, 0) is 17.6 Å². The highest BCUT2D eigenvalue weighted by Gasteiger charge is 2.13. The van der Waals surface area contributed by atoms with Gasteiger partial charge in [-0.25, -0.2) is 9.59 Å². The van der Waals surface area contributed by atoms with Crippen LogP contribution >= 0.6 is 0 Å². The SMILES string of the molecule is Cc1ccc(C(=O)Oc2cccc(CC(=O)Cc3cccc(OC(=O)c4ccc(C)c(C)c4)c3)c2)cc1C. The largest absolute Gasteiger partial charge is 0.423 e. The van der Waals surface area contributed by atoms with Gasteiger partial charge in [-0.05, 0) is 110 Å². The summed E-state index contributed by atoms with van der Waals surface area (Å²) in [4.78, 5) is 37.9. The summed E-state index contributed by atoms with van der Waals surface area (Å²) in [5.41, 5.74) is 6.70. The molecule has 0 saturated heterocycles. The van der Waals surface area contributed by atoms with Gasteiger partial charge in [-0.1, -0.05) is 36.4 Å². The maximum atomic E-state index is 12.8. The molecule has 0 saturated carbocycles. The molecule has 192 valence electrons. The van der Waals surface area contributed by atoms with Gasteiger partial charge < -0.3 is 9.47 Å². The molecule has 5 heteroatoms. The molecule has 0 aliphatic carbocycles. The van der Waals surface area contributed by atoms with Crippen LogP contribution in [0.2, 0.25) is 0 Å². The molecule has 4 aromatic rings. The first-order chi connectivity index (χ1) is 18.2. The Labute approximate surface area is 223 Å². The van der Waals surface area contributed by atoms with Gasteiger partial charge in [0.1, 0.15) is 17.3 Å². The number of ether oxygens (including phenoxy) is 2.